The molecule has 1 aromatic carbocycles. The number of hydrogen-bond acceptors (Lipinski definition) is 3. The van der Waals surface area contributed by atoms with Crippen LogP contribution in [0.1, 0.15) is 0 Å². The molecule has 6 heteroatoms. The third-order valence-electron chi connectivity index (χ3n) is 1.59. The van der Waals surface area contributed by atoms with E-state index in [9.17, 15) is 8.42 Å². The van der Waals surface area contributed by atoms with E-state index < -0.39 is 10.0 Å². The predicted octanol–water partition coefficient (Wildman–Crippen LogP) is 1.20. The Bertz CT molecular complexity index is 481. The molecule has 0 unspecified atom stereocenters. The molecule has 4 nitrogen and oxygen atoms in total. The lowest BCUT2D eigenvalue weighted by Crippen LogP contribution is -2.29. The van der Waals surface area contributed by atoms with Crippen LogP contribution in [0.15, 0.2) is 34.2 Å². The van der Waals surface area contributed by atoms with E-state index in [1.807, 2.05) is 0 Å². The summed E-state index contributed by atoms with van der Waals surface area (Å²) in [4.78, 5) is 3.99. The molecule has 0 bridgehead atoms. The van der Waals surface area contributed by atoms with E-state index in [2.05, 4.69) is 9.71 Å². The highest BCUT2D eigenvalue weighted by molar-refractivity contribution is 7.90. The van der Waals surface area contributed by atoms with Crippen LogP contribution in [0.2, 0.25) is 0 Å². The van der Waals surface area contributed by atoms with Gasteiger partial charge in [-0.25, -0.2) is 13.4 Å². The second-order valence-electron chi connectivity index (χ2n) is 2.48. The van der Waals surface area contributed by atoms with Crippen molar-refractivity contribution in [3.8, 4) is 0 Å². The van der Waals surface area contributed by atoms with Crippen LogP contribution in [0, 0.1) is 0 Å². The van der Waals surface area contributed by atoms with Crippen molar-refractivity contribution in [2.75, 3.05) is 0 Å². The molecule has 0 amide bonds. The Labute approximate surface area is 80.3 Å². The van der Waals surface area contributed by atoms with Gasteiger partial charge in [-0.15, -0.1) is 0 Å². The first-order valence-electron chi connectivity index (χ1n) is 3.46. The molecule has 0 aliphatic carbocycles. The summed E-state index contributed by atoms with van der Waals surface area (Å²) in [5.41, 5.74) is 0.367. The average Bonchev–Trinajstić information content (AvgIpc) is 2.02. The molecule has 1 heterocycles. The second kappa shape index (κ2) is 2.71. The lowest BCUT2D eigenvalue weighted by atomic mass is 10.3. The van der Waals surface area contributed by atoms with Crippen molar-refractivity contribution in [2.45, 2.75) is 4.90 Å². The highest BCUT2D eigenvalue weighted by Crippen LogP contribution is 2.27. The standard InChI is InChI=1S/C7H5ClN2O2S/c8-7-9-5-3-1-2-4-6(5)13(11,12)10-7/h1-4H,(H,9,10). The van der Waals surface area contributed by atoms with Gasteiger partial charge in [-0.2, -0.15) is 0 Å². The fourth-order valence-corrected chi connectivity index (χ4v) is 2.49. The Morgan fingerprint density at radius 1 is 1.31 bits per heavy atom. The number of amidine groups is 1. The number of nitrogens with one attached hydrogen (secondary N) is 1. The molecule has 0 radical (unpaired) electrons. The van der Waals surface area contributed by atoms with Crippen molar-refractivity contribution in [3.63, 3.8) is 0 Å². The van der Waals surface area contributed by atoms with Gasteiger partial charge in [0.15, 0.2) is 0 Å². The minimum atomic E-state index is -3.50. The van der Waals surface area contributed by atoms with Crippen molar-refractivity contribution in [1.29, 1.82) is 0 Å². The number of benzene rings is 1. The van der Waals surface area contributed by atoms with Crippen LogP contribution < -0.4 is 4.72 Å². The molecule has 68 valence electrons. The normalized spacial score (nSPS) is 18.4. The van der Waals surface area contributed by atoms with E-state index in [4.69, 9.17) is 11.6 Å². The summed E-state index contributed by atoms with van der Waals surface area (Å²) >= 11 is 5.49. The fourth-order valence-electron chi connectivity index (χ4n) is 1.07. The van der Waals surface area contributed by atoms with Crippen molar-refractivity contribution >= 4 is 32.6 Å². The number of halogens is 1. The Morgan fingerprint density at radius 2 is 2.00 bits per heavy atom. The zero-order chi connectivity index (χ0) is 9.47. The van der Waals surface area contributed by atoms with E-state index in [1.54, 1.807) is 18.2 Å². The van der Waals surface area contributed by atoms with Crippen LogP contribution in [0.25, 0.3) is 0 Å². The molecular weight excluding hydrogens is 212 g/mol. The van der Waals surface area contributed by atoms with Gasteiger partial charge in [-0.3, -0.25) is 4.72 Å². The van der Waals surface area contributed by atoms with Gasteiger partial charge >= 0.3 is 0 Å². The molecule has 0 spiro atoms. The summed E-state index contributed by atoms with van der Waals surface area (Å²) in [5.74, 6) is 0. The second-order valence-corrected chi connectivity index (χ2v) is 4.48. The van der Waals surface area contributed by atoms with Crippen LogP contribution in [0.5, 0.6) is 0 Å². The first kappa shape index (κ1) is 8.52. The number of nitrogens with zero attached hydrogens (tertiary/aromatic N) is 1. The monoisotopic (exact) mass is 216 g/mol. The number of hydrogen-bond donors (Lipinski definition) is 1. The molecule has 13 heavy (non-hydrogen) atoms. The molecule has 0 aromatic heterocycles. The molecular formula is C7H5ClN2O2S. The van der Waals surface area contributed by atoms with Gasteiger partial charge in [-0.05, 0) is 23.7 Å². The largest absolute Gasteiger partial charge is 0.265 e. The Morgan fingerprint density at radius 3 is 2.77 bits per heavy atom. The highest BCUT2D eigenvalue weighted by atomic mass is 35.5. The Kier molecular flexibility index (Phi) is 1.78. The van der Waals surface area contributed by atoms with Gasteiger partial charge in [-0.1, -0.05) is 12.1 Å². The molecule has 1 aromatic rings. The summed E-state index contributed by atoms with van der Waals surface area (Å²) in [5, 5.41) is -0.126. The maximum atomic E-state index is 11.4. The van der Waals surface area contributed by atoms with Crippen LogP contribution in [-0.2, 0) is 10.0 Å². The van der Waals surface area contributed by atoms with Crippen LogP contribution in [0.3, 0.4) is 0 Å². The summed E-state index contributed by atoms with van der Waals surface area (Å²) in [6, 6.07) is 6.40. The van der Waals surface area contributed by atoms with Crippen molar-refractivity contribution in [2.24, 2.45) is 4.99 Å². The van der Waals surface area contributed by atoms with Crippen LogP contribution >= 0.6 is 11.6 Å². The van der Waals surface area contributed by atoms with Gasteiger partial charge in [0, 0.05) is 0 Å². The lowest BCUT2D eigenvalue weighted by Gasteiger charge is -2.13. The van der Waals surface area contributed by atoms with Gasteiger partial charge in [0.25, 0.3) is 10.0 Å². The van der Waals surface area contributed by atoms with Crippen molar-refractivity contribution in [1.82, 2.24) is 4.72 Å². The zero-order valence-electron chi connectivity index (χ0n) is 6.36. The fraction of sp³-hybridized carbons (Fsp3) is 0. The molecule has 1 aliphatic heterocycles. The molecule has 0 fully saturated rings. The lowest BCUT2D eigenvalue weighted by molar-refractivity contribution is 0.592. The minimum Gasteiger partial charge on any atom is -0.253 e. The number of para-hydroxylation sites is 1. The number of fused-ring (bicyclic) bond motifs is 1. The van der Waals surface area contributed by atoms with Crippen LogP contribution in [-0.4, -0.2) is 13.7 Å². The van der Waals surface area contributed by atoms with E-state index in [0.717, 1.165) is 0 Å². The Hall–Kier alpha value is -1.07. The highest BCUT2D eigenvalue weighted by Gasteiger charge is 2.23. The van der Waals surface area contributed by atoms with E-state index in [-0.39, 0.29) is 10.2 Å². The van der Waals surface area contributed by atoms with Crippen molar-refractivity contribution in [3.05, 3.63) is 24.3 Å². The van der Waals surface area contributed by atoms with E-state index >= 15 is 0 Å². The first-order valence-corrected chi connectivity index (χ1v) is 5.32. The molecule has 1 N–H and O–H groups in total. The number of sulfonamides is 1. The zero-order valence-corrected chi connectivity index (χ0v) is 7.93. The molecule has 0 atom stereocenters. The minimum absolute atomic E-state index is 0.126. The summed E-state index contributed by atoms with van der Waals surface area (Å²) in [6.45, 7) is 0. The predicted molar refractivity (Wildman–Crippen MR) is 49.7 cm³/mol. The molecule has 0 saturated heterocycles. The van der Waals surface area contributed by atoms with Gasteiger partial charge in [0.1, 0.15) is 4.90 Å². The maximum absolute atomic E-state index is 11.4. The molecule has 1 aliphatic rings. The topological polar surface area (TPSA) is 58.5 Å². The molecule has 2 rings (SSSR count). The average molecular weight is 217 g/mol. The summed E-state index contributed by atoms with van der Waals surface area (Å²) in [6.07, 6.45) is 0. The third-order valence-corrected chi connectivity index (χ3v) is 3.27. The summed E-state index contributed by atoms with van der Waals surface area (Å²) in [7, 11) is -3.50. The Balaban J connectivity index is 2.76. The smallest absolute Gasteiger partial charge is 0.253 e. The molecule has 0 saturated carbocycles. The SMILES string of the molecule is O=S1(=O)NC(Cl)=Nc2ccccc21. The van der Waals surface area contributed by atoms with Crippen LogP contribution in [0.4, 0.5) is 5.69 Å². The number of rotatable bonds is 0. The number of aliphatic imine (C=N–C) groups is 1. The third kappa shape index (κ3) is 1.40. The van der Waals surface area contributed by atoms with E-state index in [1.165, 1.54) is 6.07 Å². The van der Waals surface area contributed by atoms with Crippen molar-refractivity contribution < 1.29 is 8.42 Å². The maximum Gasteiger partial charge on any atom is 0.265 e. The van der Waals surface area contributed by atoms with Gasteiger partial charge in [0.05, 0.1) is 5.69 Å². The quantitative estimate of drug-likeness (QED) is 0.663. The summed E-state index contributed by atoms with van der Waals surface area (Å²) < 4.78 is 24.9. The van der Waals surface area contributed by atoms with Gasteiger partial charge in [0.2, 0.25) is 5.29 Å². The van der Waals surface area contributed by atoms with Gasteiger partial charge < -0.3 is 0 Å². The first-order chi connectivity index (χ1) is 6.09. The van der Waals surface area contributed by atoms with E-state index in [0.29, 0.717) is 5.69 Å².